The molecule has 1 heterocycles. The van der Waals surface area contributed by atoms with Gasteiger partial charge in [-0.05, 0) is 45.1 Å². The van der Waals surface area contributed by atoms with Crippen molar-refractivity contribution in [1.29, 1.82) is 0 Å². The van der Waals surface area contributed by atoms with Crippen LogP contribution in [0.2, 0.25) is 5.02 Å². The van der Waals surface area contributed by atoms with Gasteiger partial charge in [-0.2, -0.15) is 0 Å². The molecule has 0 spiro atoms. The first-order valence-electron chi connectivity index (χ1n) is 6.21. The fourth-order valence-corrected chi connectivity index (χ4v) is 2.53. The maximum atomic E-state index is 12.4. The standard InChI is InChI=1S/C14H19ClN2O/c1-10-12(5-4-6-13(10)15)14(18)17-8-7-11(9-17)16(2)3/h4-6,11H,7-9H2,1-3H3. The lowest BCUT2D eigenvalue weighted by Gasteiger charge is -2.21. The van der Waals surface area contributed by atoms with Gasteiger partial charge >= 0.3 is 0 Å². The van der Waals surface area contributed by atoms with Gasteiger partial charge < -0.3 is 9.80 Å². The molecule has 3 nitrogen and oxygen atoms in total. The molecule has 0 radical (unpaired) electrons. The zero-order chi connectivity index (χ0) is 13.3. The van der Waals surface area contributed by atoms with Gasteiger partial charge in [-0.15, -0.1) is 0 Å². The predicted molar refractivity (Wildman–Crippen MR) is 74.2 cm³/mol. The second-order valence-electron chi connectivity index (χ2n) is 5.07. The van der Waals surface area contributed by atoms with E-state index in [0.29, 0.717) is 11.1 Å². The van der Waals surface area contributed by atoms with E-state index in [0.717, 1.165) is 30.6 Å². The van der Waals surface area contributed by atoms with Crippen molar-refractivity contribution >= 4 is 17.5 Å². The Bertz CT molecular complexity index is 459. The van der Waals surface area contributed by atoms with Crippen LogP contribution in [0.15, 0.2) is 18.2 Å². The number of nitrogens with zero attached hydrogens (tertiary/aromatic N) is 2. The summed E-state index contributed by atoms with van der Waals surface area (Å²) in [5.41, 5.74) is 1.60. The van der Waals surface area contributed by atoms with E-state index in [2.05, 4.69) is 19.0 Å². The smallest absolute Gasteiger partial charge is 0.254 e. The van der Waals surface area contributed by atoms with Crippen molar-refractivity contribution in [2.75, 3.05) is 27.2 Å². The summed E-state index contributed by atoms with van der Waals surface area (Å²) in [6.07, 6.45) is 1.04. The number of likely N-dealkylation sites (tertiary alicyclic amines) is 1. The van der Waals surface area contributed by atoms with E-state index in [9.17, 15) is 4.79 Å². The molecule has 1 aliphatic rings. The van der Waals surface area contributed by atoms with Crippen LogP contribution >= 0.6 is 11.6 Å². The maximum Gasteiger partial charge on any atom is 0.254 e. The van der Waals surface area contributed by atoms with Gasteiger partial charge in [0.1, 0.15) is 0 Å². The lowest BCUT2D eigenvalue weighted by molar-refractivity contribution is 0.0782. The summed E-state index contributed by atoms with van der Waals surface area (Å²) in [6.45, 7) is 3.53. The highest BCUT2D eigenvalue weighted by molar-refractivity contribution is 6.31. The van der Waals surface area contributed by atoms with Crippen molar-refractivity contribution in [1.82, 2.24) is 9.80 Å². The first-order valence-corrected chi connectivity index (χ1v) is 6.59. The Morgan fingerprint density at radius 2 is 2.17 bits per heavy atom. The first kappa shape index (κ1) is 13.4. The van der Waals surface area contributed by atoms with Gasteiger partial charge in [0.25, 0.3) is 5.91 Å². The highest BCUT2D eigenvalue weighted by atomic mass is 35.5. The van der Waals surface area contributed by atoms with Crippen molar-refractivity contribution in [2.24, 2.45) is 0 Å². The Morgan fingerprint density at radius 3 is 2.78 bits per heavy atom. The summed E-state index contributed by atoms with van der Waals surface area (Å²) >= 11 is 6.06. The number of carbonyl (C=O) groups is 1. The lowest BCUT2D eigenvalue weighted by atomic mass is 10.1. The quantitative estimate of drug-likeness (QED) is 0.821. The minimum absolute atomic E-state index is 0.0966. The number of hydrogen-bond donors (Lipinski definition) is 0. The monoisotopic (exact) mass is 266 g/mol. The summed E-state index contributed by atoms with van der Waals surface area (Å²) in [7, 11) is 4.12. The van der Waals surface area contributed by atoms with Gasteiger partial charge in [0.15, 0.2) is 0 Å². The van der Waals surface area contributed by atoms with Gasteiger partial charge in [0.05, 0.1) is 0 Å². The van der Waals surface area contributed by atoms with Crippen LogP contribution in [-0.2, 0) is 0 Å². The van der Waals surface area contributed by atoms with E-state index in [1.807, 2.05) is 30.0 Å². The van der Waals surface area contributed by atoms with E-state index in [4.69, 9.17) is 11.6 Å². The number of rotatable bonds is 2. The van der Waals surface area contributed by atoms with Crippen LogP contribution in [0.25, 0.3) is 0 Å². The molecule has 98 valence electrons. The van der Waals surface area contributed by atoms with Gasteiger partial charge in [-0.3, -0.25) is 4.79 Å². The van der Waals surface area contributed by atoms with Crippen molar-refractivity contribution in [3.8, 4) is 0 Å². The first-order chi connectivity index (χ1) is 8.50. The molecule has 2 rings (SSSR count). The topological polar surface area (TPSA) is 23.6 Å². The van der Waals surface area contributed by atoms with E-state index >= 15 is 0 Å². The molecule has 0 saturated carbocycles. The van der Waals surface area contributed by atoms with Crippen molar-refractivity contribution < 1.29 is 4.79 Å². The number of hydrogen-bond acceptors (Lipinski definition) is 2. The molecule has 0 aromatic heterocycles. The second kappa shape index (κ2) is 5.29. The summed E-state index contributed by atoms with van der Waals surface area (Å²) in [5, 5.41) is 0.657. The molecule has 0 bridgehead atoms. The highest BCUT2D eigenvalue weighted by Gasteiger charge is 2.28. The molecule has 0 aliphatic carbocycles. The fourth-order valence-electron chi connectivity index (χ4n) is 2.36. The highest BCUT2D eigenvalue weighted by Crippen LogP contribution is 2.22. The summed E-state index contributed by atoms with van der Waals surface area (Å²) < 4.78 is 0. The summed E-state index contributed by atoms with van der Waals surface area (Å²) in [6, 6.07) is 5.97. The summed E-state index contributed by atoms with van der Waals surface area (Å²) in [4.78, 5) is 16.5. The molecule has 1 aromatic carbocycles. The zero-order valence-electron chi connectivity index (χ0n) is 11.1. The molecule has 18 heavy (non-hydrogen) atoms. The molecule has 0 N–H and O–H groups in total. The Balaban J connectivity index is 2.16. The second-order valence-corrected chi connectivity index (χ2v) is 5.48. The lowest BCUT2D eigenvalue weighted by Crippen LogP contribution is -2.34. The Morgan fingerprint density at radius 1 is 1.44 bits per heavy atom. The van der Waals surface area contributed by atoms with Crippen molar-refractivity contribution in [2.45, 2.75) is 19.4 Å². The van der Waals surface area contributed by atoms with E-state index in [-0.39, 0.29) is 5.91 Å². The number of benzene rings is 1. The largest absolute Gasteiger partial charge is 0.337 e. The van der Waals surface area contributed by atoms with Crippen LogP contribution in [0.4, 0.5) is 0 Å². The average Bonchev–Trinajstić information content (AvgIpc) is 2.81. The minimum Gasteiger partial charge on any atom is -0.337 e. The molecule has 1 aromatic rings. The van der Waals surface area contributed by atoms with E-state index in [1.54, 1.807) is 0 Å². The summed E-state index contributed by atoms with van der Waals surface area (Å²) in [5.74, 6) is 0.0966. The molecule has 1 fully saturated rings. The van der Waals surface area contributed by atoms with Gasteiger partial charge in [-0.1, -0.05) is 17.7 Å². The SMILES string of the molecule is Cc1c(Cl)cccc1C(=O)N1CCC(N(C)C)C1. The maximum absolute atomic E-state index is 12.4. The zero-order valence-corrected chi connectivity index (χ0v) is 11.9. The van der Waals surface area contributed by atoms with E-state index in [1.165, 1.54) is 0 Å². The molecule has 1 aliphatic heterocycles. The molecule has 1 unspecified atom stereocenters. The molecule has 1 atom stereocenters. The van der Waals surface area contributed by atoms with Crippen molar-refractivity contribution in [3.05, 3.63) is 34.3 Å². The third kappa shape index (κ3) is 2.52. The number of halogens is 1. The number of likely N-dealkylation sites (N-methyl/N-ethyl adjacent to an activating group) is 1. The predicted octanol–water partition coefficient (Wildman–Crippen LogP) is 2.42. The Hall–Kier alpha value is -1.06. The molecular formula is C14H19ClN2O. The average molecular weight is 267 g/mol. The van der Waals surface area contributed by atoms with Gasteiger partial charge in [-0.25, -0.2) is 0 Å². The van der Waals surface area contributed by atoms with Crippen LogP contribution in [0.1, 0.15) is 22.3 Å². The van der Waals surface area contributed by atoms with Gasteiger partial charge in [0.2, 0.25) is 0 Å². The molecular weight excluding hydrogens is 248 g/mol. The molecule has 1 saturated heterocycles. The minimum atomic E-state index is 0.0966. The molecule has 1 amide bonds. The van der Waals surface area contributed by atoms with Crippen LogP contribution in [0.5, 0.6) is 0 Å². The third-order valence-electron chi connectivity index (χ3n) is 3.68. The van der Waals surface area contributed by atoms with Crippen LogP contribution < -0.4 is 0 Å². The number of carbonyl (C=O) groups excluding carboxylic acids is 1. The normalized spacial score (nSPS) is 19.6. The van der Waals surface area contributed by atoms with Gasteiger partial charge in [0, 0.05) is 29.7 Å². The van der Waals surface area contributed by atoms with E-state index < -0.39 is 0 Å². The van der Waals surface area contributed by atoms with Crippen molar-refractivity contribution in [3.63, 3.8) is 0 Å². The van der Waals surface area contributed by atoms with Crippen LogP contribution in [0, 0.1) is 6.92 Å². The third-order valence-corrected chi connectivity index (χ3v) is 4.09. The Labute approximate surface area is 113 Å². The fraction of sp³-hybridized carbons (Fsp3) is 0.500. The number of amides is 1. The van der Waals surface area contributed by atoms with Crippen LogP contribution in [0.3, 0.4) is 0 Å². The Kier molecular flexibility index (Phi) is 3.93. The van der Waals surface area contributed by atoms with Crippen LogP contribution in [-0.4, -0.2) is 48.9 Å². The molecule has 4 heteroatoms.